The molecule has 0 atom stereocenters. The smallest absolute Gasteiger partial charge is 0.167 e. The Bertz CT molecular complexity index is 173. The van der Waals surface area contributed by atoms with E-state index in [-0.39, 0.29) is 0 Å². The Morgan fingerprint density at radius 1 is 1.23 bits per heavy atom. The lowest BCUT2D eigenvalue weighted by atomic mass is 10.2. The molecule has 78 valence electrons. The molecule has 0 aromatic heterocycles. The van der Waals surface area contributed by atoms with Gasteiger partial charge in [0, 0.05) is 0 Å². The summed E-state index contributed by atoms with van der Waals surface area (Å²) in [4.78, 5) is 0. The van der Waals surface area contributed by atoms with Gasteiger partial charge in [0.05, 0.1) is 0 Å². The van der Waals surface area contributed by atoms with Crippen molar-refractivity contribution in [2.24, 2.45) is 0 Å². The molecule has 0 aliphatic carbocycles. The summed E-state index contributed by atoms with van der Waals surface area (Å²) in [5, 5.41) is 0. The van der Waals surface area contributed by atoms with Gasteiger partial charge in [-0.1, -0.05) is 49.0 Å². The van der Waals surface area contributed by atoms with Crippen LogP contribution in [0.4, 0.5) is 13.2 Å². The Morgan fingerprint density at radius 2 is 1.77 bits per heavy atom. The second-order valence-electron chi connectivity index (χ2n) is 2.67. The van der Waals surface area contributed by atoms with Gasteiger partial charge in [0.2, 0.25) is 4.33 Å². The zero-order valence-electron chi connectivity index (χ0n) is 7.17. The van der Waals surface area contributed by atoms with Gasteiger partial charge >= 0.3 is 6.18 Å². The fraction of sp³-hybridized carbons (Fsp3) is 0.750. The van der Waals surface area contributed by atoms with Gasteiger partial charge < -0.3 is 0 Å². The quantitative estimate of drug-likeness (QED) is 0.383. The predicted molar refractivity (Wildman–Crippen MR) is 49.2 cm³/mol. The molecule has 0 spiro atoms. The summed E-state index contributed by atoms with van der Waals surface area (Å²) in [5.41, 5.74) is 0. The first kappa shape index (κ1) is 13.1. The van der Waals surface area contributed by atoms with Crippen molar-refractivity contribution in [2.75, 3.05) is 0 Å². The number of unbranched alkanes of at least 4 members (excludes halogenated alkanes) is 2. The highest BCUT2D eigenvalue weighted by atomic mass is 35.5. The third-order valence-corrected chi connectivity index (χ3v) is 2.11. The van der Waals surface area contributed by atoms with Crippen LogP contribution in [-0.4, -0.2) is 10.5 Å². The minimum Gasteiger partial charge on any atom is -0.167 e. The number of rotatable bonds is 4. The van der Waals surface area contributed by atoms with E-state index < -0.39 is 10.5 Å². The molecule has 0 nitrogen and oxygen atoms in total. The van der Waals surface area contributed by atoms with Gasteiger partial charge in [-0.15, -0.1) is 0 Å². The SMILES string of the molecule is CCCC/C=C\C(Cl)(Cl)C(F)(F)F. The summed E-state index contributed by atoms with van der Waals surface area (Å²) >= 11 is 10.1. The fourth-order valence-electron chi connectivity index (χ4n) is 0.648. The first-order chi connectivity index (χ1) is 5.81. The molecule has 13 heavy (non-hydrogen) atoms. The Hall–Kier alpha value is 0.110. The molecule has 0 aliphatic heterocycles. The maximum absolute atomic E-state index is 12.0. The molecule has 0 N–H and O–H groups in total. The number of hydrogen-bond acceptors (Lipinski definition) is 0. The van der Waals surface area contributed by atoms with E-state index in [1.807, 2.05) is 6.92 Å². The van der Waals surface area contributed by atoms with Crippen molar-refractivity contribution in [3.8, 4) is 0 Å². The summed E-state index contributed by atoms with van der Waals surface area (Å²) in [6.45, 7) is 1.95. The van der Waals surface area contributed by atoms with E-state index in [0.717, 1.165) is 18.9 Å². The zero-order valence-corrected chi connectivity index (χ0v) is 8.68. The van der Waals surface area contributed by atoms with E-state index in [2.05, 4.69) is 0 Å². The highest BCUT2D eigenvalue weighted by Gasteiger charge is 2.50. The van der Waals surface area contributed by atoms with Crippen LogP contribution in [0.5, 0.6) is 0 Å². The molecule has 0 bridgehead atoms. The first-order valence-electron chi connectivity index (χ1n) is 3.93. The predicted octanol–water partition coefficient (Wildman–Crippen LogP) is 4.47. The fourth-order valence-corrected chi connectivity index (χ4v) is 0.826. The van der Waals surface area contributed by atoms with Crippen molar-refractivity contribution in [1.82, 2.24) is 0 Å². The Balaban J connectivity index is 4.09. The molecule has 0 fully saturated rings. The molecule has 0 rings (SSSR count). The molecule has 0 aromatic carbocycles. The minimum atomic E-state index is -4.61. The summed E-state index contributed by atoms with van der Waals surface area (Å²) < 4.78 is 33.3. The van der Waals surface area contributed by atoms with E-state index in [1.54, 1.807) is 0 Å². The molecule has 5 heteroatoms. The number of alkyl halides is 5. The maximum Gasteiger partial charge on any atom is 0.425 e. The summed E-state index contributed by atoms with van der Waals surface area (Å²) in [7, 11) is 0. The summed E-state index contributed by atoms with van der Waals surface area (Å²) in [6, 6.07) is 0. The van der Waals surface area contributed by atoms with Crippen molar-refractivity contribution in [3.63, 3.8) is 0 Å². The van der Waals surface area contributed by atoms with Crippen LogP contribution in [0.2, 0.25) is 0 Å². The Morgan fingerprint density at radius 3 is 2.15 bits per heavy atom. The van der Waals surface area contributed by atoms with Gasteiger partial charge in [-0.2, -0.15) is 13.2 Å². The zero-order chi connectivity index (χ0) is 10.5. The van der Waals surface area contributed by atoms with Gasteiger partial charge in [-0.05, 0) is 12.5 Å². The van der Waals surface area contributed by atoms with Crippen molar-refractivity contribution in [1.29, 1.82) is 0 Å². The largest absolute Gasteiger partial charge is 0.425 e. The molecule has 0 aliphatic rings. The van der Waals surface area contributed by atoms with E-state index in [1.165, 1.54) is 6.08 Å². The summed E-state index contributed by atoms with van der Waals surface area (Å²) in [6.07, 6.45) is -0.151. The molecule has 0 heterocycles. The topological polar surface area (TPSA) is 0 Å². The normalized spacial score (nSPS) is 14.0. The number of hydrogen-bond donors (Lipinski definition) is 0. The standard InChI is InChI=1S/C8H11Cl2F3/c1-2-3-4-5-6-7(9,10)8(11,12)13/h5-6H,2-4H2,1H3/b6-5-. The lowest BCUT2D eigenvalue weighted by molar-refractivity contribution is -0.131. The van der Waals surface area contributed by atoms with Gasteiger partial charge in [0.1, 0.15) is 0 Å². The molecule has 0 radical (unpaired) electrons. The van der Waals surface area contributed by atoms with Gasteiger partial charge in [0.25, 0.3) is 0 Å². The average Bonchev–Trinajstić information content (AvgIpc) is 1.96. The Labute approximate surface area is 85.7 Å². The monoisotopic (exact) mass is 234 g/mol. The van der Waals surface area contributed by atoms with Crippen LogP contribution in [0.15, 0.2) is 12.2 Å². The van der Waals surface area contributed by atoms with E-state index in [4.69, 9.17) is 23.2 Å². The lowest BCUT2D eigenvalue weighted by Crippen LogP contribution is -2.31. The third-order valence-electron chi connectivity index (χ3n) is 1.43. The van der Waals surface area contributed by atoms with Crippen LogP contribution in [0.3, 0.4) is 0 Å². The number of allylic oxidation sites excluding steroid dienone is 2. The number of halogens is 5. The third kappa shape index (κ3) is 4.77. The second-order valence-corrected chi connectivity index (χ2v) is 4.05. The van der Waals surface area contributed by atoms with Crippen LogP contribution in [-0.2, 0) is 0 Å². The summed E-state index contributed by atoms with van der Waals surface area (Å²) in [5.74, 6) is 0. The highest BCUT2D eigenvalue weighted by molar-refractivity contribution is 6.50. The molecule has 0 saturated carbocycles. The van der Waals surface area contributed by atoms with Crippen molar-refractivity contribution >= 4 is 23.2 Å². The van der Waals surface area contributed by atoms with E-state index >= 15 is 0 Å². The minimum absolute atomic E-state index is 0.563. The van der Waals surface area contributed by atoms with Crippen LogP contribution in [0.1, 0.15) is 26.2 Å². The molecule has 0 amide bonds. The van der Waals surface area contributed by atoms with E-state index in [0.29, 0.717) is 6.42 Å². The lowest BCUT2D eigenvalue weighted by Gasteiger charge is -2.18. The molecular formula is C8H11Cl2F3. The maximum atomic E-state index is 12.0. The van der Waals surface area contributed by atoms with Gasteiger partial charge in [-0.25, -0.2) is 0 Å². The van der Waals surface area contributed by atoms with Gasteiger partial charge in [-0.3, -0.25) is 0 Å². The molecule has 0 saturated heterocycles. The van der Waals surface area contributed by atoms with Crippen LogP contribution < -0.4 is 0 Å². The average molecular weight is 235 g/mol. The highest BCUT2D eigenvalue weighted by Crippen LogP contribution is 2.40. The van der Waals surface area contributed by atoms with E-state index in [9.17, 15) is 13.2 Å². The van der Waals surface area contributed by atoms with Crippen LogP contribution in [0, 0.1) is 0 Å². The van der Waals surface area contributed by atoms with Gasteiger partial charge in [0.15, 0.2) is 0 Å². The molecule has 0 unspecified atom stereocenters. The van der Waals surface area contributed by atoms with Crippen LogP contribution in [0.25, 0.3) is 0 Å². The molecular weight excluding hydrogens is 224 g/mol. The second kappa shape index (κ2) is 5.11. The first-order valence-corrected chi connectivity index (χ1v) is 4.69. The van der Waals surface area contributed by atoms with Crippen molar-refractivity contribution in [3.05, 3.63) is 12.2 Å². The van der Waals surface area contributed by atoms with Crippen LogP contribution >= 0.6 is 23.2 Å². The van der Waals surface area contributed by atoms with Crippen molar-refractivity contribution in [2.45, 2.75) is 36.7 Å². The molecule has 0 aromatic rings. The Kier molecular flexibility index (Phi) is 5.15. The van der Waals surface area contributed by atoms with Crippen molar-refractivity contribution < 1.29 is 13.2 Å².